The Morgan fingerprint density at radius 2 is 2.14 bits per heavy atom. The molecule has 0 radical (unpaired) electrons. The summed E-state index contributed by atoms with van der Waals surface area (Å²) in [5.74, 6) is 0.300. The topological polar surface area (TPSA) is 48.6 Å². The minimum atomic E-state index is -0.210. The highest BCUT2D eigenvalue weighted by Crippen LogP contribution is 2.34. The molecule has 1 amide bonds. The van der Waals surface area contributed by atoms with E-state index in [0.717, 1.165) is 30.9 Å². The first-order valence-corrected chi connectivity index (χ1v) is 10.4. The number of likely N-dealkylation sites (tertiary alicyclic amines) is 1. The molecule has 2 atom stereocenters. The molecule has 3 rings (SSSR count). The van der Waals surface area contributed by atoms with Gasteiger partial charge in [0.15, 0.2) is 0 Å². The average molecular weight is 402 g/mol. The van der Waals surface area contributed by atoms with Crippen LogP contribution in [-0.4, -0.2) is 60.6 Å². The summed E-state index contributed by atoms with van der Waals surface area (Å²) < 4.78 is 19.1. The molecule has 0 aliphatic carbocycles. The van der Waals surface area contributed by atoms with Gasteiger partial charge >= 0.3 is 0 Å². The first-order chi connectivity index (χ1) is 14.0. The molecular formula is C23H32FN3O2. The third-order valence-corrected chi connectivity index (χ3v) is 5.68. The molecule has 1 fully saturated rings. The summed E-state index contributed by atoms with van der Waals surface area (Å²) in [6.07, 6.45) is 1.93. The number of carbonyl (C=O) groups excluding carboxylic acids is 1. The number of methoxy groups -OCH3 is 1. The van der Waals surface area contributed by atoms with Crippen molar-refractivity contribution < 1.29 is 13.9 Å². The van der Waals surface area contributed by atoms with Crippen molar-refractivity contribution in [3.8, 4) is 0 Å². The number of hydrogen-bond donors (Lipinski definition) is 1. The zero-order chi connectivity index (χ0) is 20.8. The molecule has 29 heavy (non-hydrogen) atoms. The van der Waals surface area contributed by atoms with Crippen LogP contribution in [-0.2, 0) is 16.1 Å². The second-order valence-electron chi connectivity index (χ2n) is 8.24. The Morgan fingerprint density at radius 3 is 2.79 bits per heavy atom. The van der Waals surface area contributed by atoms with E-state index in [1.54, 1.807) is 19.2 Å². The molecule has 1 aromatic heterocycles. The lowest BCUT2D eigenvalue weighted by Crippen LogP contribution is -2.41. The summed E-state index contributed by atoms with van der Waals surface area (Å²) in [5.41, 5.74) is 2.17. The molecule has 2 aromatic rings. The third kappa shape index (κ3) is 5.67. The highest BCUT2D eigenvalue weighted by Gasteiger charge is 2.36. The third-order valence-electron chi connectivity index (χ3n) is 5.68. The van der Waals surface area contributed by atoms with Crippen LogP contribution in [0.5, 0.6) is 0 Å². The standard InChI is InChI=1S/C23H32FN3O2/c1-17(2)23(28)27(10-11-29-3)14-19-13-26(15-21-8-5-9-25-21)16-22(19)18-6-4-7-20(24)12-18/h4-9,12,17,19,22,25H,10-11,13-16H2,1-3H3/t19-,22-/m0/s1. The van der Waals surface area contributed by atoms with Crippen molar-refractivity contribution in [3.63, 3.8) is 0 Å². The van der Waals surface area contributed by atoms with Gasteiger partial charge in [-0.25, -0.2) is 4.39 Å². The van der Waals surface area contributed by atoms with Gasteiger partial charge in [0.2, 0.25) is 5.91 Å². The van der Waals surface area contributed by atoms with E-state index in [2.05, 4.69) is 16.0 Å². The first-order valence-electron chi connectivity index (χ1n) is 10.4. The van der Waals surface area contributed by atoms with Crippen molar-refractivity contribution in [2.24, 2.45) is 11.8 Å². The number of amides is 1. The van der Waals surface area contributed by atoms with Crippen LogP contribution in [0.2, 0.25) is 0 Å². The fourth-order valence-corrected chi connectivity index (χ4v) is 4.24. The normalized spacial score (nSPS) is 19.8. The summed E-state index contributed by atoms with van der Waals surface area (Å²) in [4.78, 5) is 20.3. The maximum Gasteiger partial charge on any atom is 0.225 e. The number of nitrogens with one attached hydrogen (secondary N) is 1. The van der Waals surface area contributed by atoms with E-state index in [1.165, 1.54) is 6.07 Å². The second kappa shape index (κ2) is 10.0. The summed E-state index contributed by atoms with van der Waals surface area (Å²) >= 11 is 0. The van der Waals surface area contributed by atoms with Gasteiger partial charge < -0.3 is 14.6 Å². The molecule has 5 nitrogen and oxygen atoms in total. The lowest BCUT2D eigenvalue weighted by atomic mass is 9.88. The van der Waals surface area contributed by atoms with Gasteiger partial charge in [-0.15, -0.1) is 0 Å². The summed E-state index contributed by atoms with van der Waals surface area (Å²) in [5, 5.41) is 0. The van der Waals surface area contributed by atoms with E-state index in [1.807, 2.05) is 37.1 Å². The van der Waals surface area contributed by atoms with Gasteiger partial charge in [0, 0.05) is 63.6 Å². The molecule has 1 N–H and O–H groups in total. The highest BCUT2D eigenvalue weighted by molar-refractivity contribution is 5.78. The molecular weight excluding hydrogens is 369 g/mol. The predicted molar refractivity (Wildman–Crippen MR) is 112 cm³/mol. The number of nitrogens with zero attached hydrogens (tertiary/aromatic N) is 2. The molecule has 2 heterocycles. The lowest BCUT2D eigenvalue weighted by molar-refractivity contribution is -0.135. The quantitative estimate of drug-likeness (QED) is 0.700. The highest BCUT2D eigenvalue weighted by atomic mass is 19.1. The smallest absolute Gasteiger partial charge is 0.225 e. The van der Waals surface area contributed by atoms with Crippen LogP contribution >= 0.6 is 0 Å². The first kappa shape index (κ1) is 21.5. The number of benzene rings is 1. The maximum absolute atomic E-state index is 13.9. The van der Waals surface area contributed by atoms with Crippen LogP contribution in [0.3, 0.4) is 0 Å². The molecule has 0 spiro atoms. The Hall–Kier alpha value is -2.18. The van der Waals surface area contributed by atoms with Crippen molar-refractivity contribution in [2.75, 3.05) is 39.9 Å². The molecule has 1 aliphatic rings. The van der Waals surface area contributed by atoms with Crippen molar-refractivity contribution in [2.45, 2.75) is 26.3 Å². The van der Waals surface area contributed by atoms with Crippen LogP contribution in [0.1, 0.15) is 31.0 Å². The van der Waals surface area contributed by atoms with E-state index in [-0.39, 0.29) is 29.5 Å². The SMILES string of the molecule is COCCN(C[C@@H]1CN(Cc2ccc[nH]2)C[C@H]1c1cccc(F)c1)C(=O)C(C)C. The van der Waals surface area contributed by atoms with Gasteiger partial charge in [0.1, 0.15) is 5.82 Å². The fourth-order valence-electron chi connectivity index (χ4n) is 4.24. The average Bonchev–Trinajstić information content (AvgIpc) is 3.34. The number of aromatic nitrogens is 1. The zero-order valence-corrected chi connectivity index (χ0v) is 17.6. The minimum Gasteiger partial charge on any atom is -0.383 e. The van der Waals surface area contributed by atoms with Gasteiger partial charge in [-0.3, -0.25) is 9.69 Å². The van der Waals surface area contributed by atoms with Crippen LogP contribution < -0.4 is 0 Å². The molecule has 6 heteroatoms. The van der Waals surface area contributed by atoms with Crippen LogP contribution in [0.15, 0.2) is 42.6 Å². The molecule has 1 saturated heterocycles. The van der Waals surface area contributed by atoms with E-state index < -0.39 is 0 Å². The largest absolute Gasteiger partial charge is 0.383 e. The fraction of sp³-hybridized carbons (Fsp3) is 0.522. The van der Waals surface area contributed by atoms with E-state index in [9.17, 15) is 9.18 Å². The number of halogens is 1. The van der Waals surface area contributed by atoms with Crippen molar-refractivity contribution in [1.29, 1.82) is 0 Å². The Labute approximate surface area is 172 Å². The van der Waals surface area contributed by atoms with E-state index >= 15 is 0 Å². The number of hydrogen-bond acceptors (Lipinski definition) is 3. The Bertz CT molecular complexity index is 778. The summed E-state index contributed by atoms with van der Waals surface area (Å²) in [7, 11) is 1.65. The van der Waals surface area contributed by atoms with E-state index in [4.69, 9.17) is 4.74 Å². The van der Waals surface area contributed by atoms with Gasteiger partial charge in [-0.2, -0.15) is 0 Å². The molecule has 158 valence electrons. The molecule has 0 unspecified atom stereocenters. The van der Waals surface area contributed by atoms with Gasteiger partial charge in [0.05, 0.1) is 6.61 Å². The van der Waals surface area contributed by atoms with Crippen LogP contribution in [0.25, 0.3) is 0 Å². The van der Waals surface area contributed by atoms with Crippen LogP contribution in [0.4, 0.5) is 4.39 Å². The summed E-state index contributed by atoms with van der Waals surface area (Å²) in [6, 6.07) is 11.0. The number of aromatic amines is 1. The number of ether oxygens (including phenoxy) is 1. The molecule has 0 saturated carbocycles. The van der Waals surface area contributed by atoms with Crippen molar-refractivity contribution in [1.82, 2.24) is 14.8 Å². The number of H-pyrrole nitrogens is 1. The van der Waals surface area contributed by atoms with Crippen molar-refractivity contribution >= 4 is 5.91 Å². The molecule has 0 bridgehead atoms. The van der Waals surface area contributed by atoms with Gasteiger partial charge in [-0.05, 0) is 35.7 Å². The van der Waals surface area contributed by atoms with Gasteiger partial charge in [-0.1, -0.05) is 26.0 Å². The predicted octanol–water partition coefficient (Wildman–Crippen LogP) is 3.50. The Balaban J connectivity index is 1.79. The Morgan fingerprint density at radius 1 is 1.31 bits per heavy atom. The van der Waals surface area contributed by atoms with Crippen molar-refractivity contribution in [3.05, 3.63) is 59.7 Å². The number of rotatable bonds is 9. The minimum absolute atomic E-state index is 0.0594. The second-order valence-corrected chi connectivity index (χ2v) is 8.24. The Kier molecular flexibility index (Phi) is 7.45. The van der Waals surface area contributed by atoms with Crippen LogP contribution in [0, 0.1) is 17.7 Å². The monoisotopic (exact) mass is 401 g/mol. The molecule has 1 aromatic carbocycles. The summed E-state index contributed by atoms with van der Waals surface area (Å²) in [6.45, 7) is 8.15. The number of carbonyl (C=O) groups is 1. The lowest BCUT2D eigenvalue weighted by Gasteiger charge is -2.29. The zero-order valence-electron chi connectivity index (χ0n) is 17.6. The van der Waals surface area contributed by atoms with Gasteiger partial charge in [0.25, 0.3) is 0 Å². The maximum atomic E-state index is 13.9. The van der Waals surface area contributed by atoms with E-state index in [0.29, 0.717) is 19.7 Å². The molecule has 1 aliphatic heterocycles.